The van der Waals surface area contributed by atoms with Gasteiger partial charge in [-0.2, -0.15) is 0 Å². The zero-order chi connectivity index (χ0) is 21.1. The molecule has 1 saturated carbocycles. The Labute approximate surface area is 188 Å². The Balaban J connectivity index is 1.52. The van der Waals surface area contributed by atoms with E-state index in [1.54, 1.807) is 0 Å². The summed E-state index contributed by atoms with van der Waals surface area (Å²) in [6, 6.07) is 15.4. The van der Waals surface area contributed by atoms with Crippen molar-refractivity contribution in [2.45, 2.75) is 49.8 Å². The first-order chi connectivity index (χ1) is 14.5. The number of benzene rings is 2. The topological polar surface area (TPSA) is 64.0 Å². The molecular formula is C23H24BrN3O2S. The Hall–Kier alpha value is -2.12. The number of fused-ring (bicyclic) bond motifs is 1. The van der Waals surface area contributed by atoms with E-state index in [0.29, 0.717) is 16.1 Å². The Morgan fingerprint density at radius 1 is 1.20 bits per heavy atom. The van der Waals surface area contributed by atoms with Gasteiger partial charge in [-0.05, 0) is 49.6 Å². The van der Waals surface area contributed by atoms with Gasteiger partial charge >= 0.3 is 0 Å². The zero-order valence-corrected chi connectivity index (χ0v) is 19.2. The van der Waals surface area contributed by atoms with Crippen molar-refractivity contribution in [3.8, 4) is 0 Å². The van der Waals surface area contributed by atoms with Crippen LogP contribution in [0.4, 0.5) is 0 Å². The molecule has 0 aliphatic heterocycles. The van der Waals surface area contributed by atoms with Gasteiger partial charge in [-0.15, -0.1) is 0 Å². The molecule has 1 unspecified atom stereocenters. The molecule has 1 amide bonds. The number of nitrogens with one attached hydrogen (secondary N) is 1. The largest absolute Gasteiger partial charge is 0.349 e. The molecule has 156 valence electrons. The molecule has 1 N–H and O–H groups in total. The molecule has 3 aromatic rings. The van der Waals surface area contributed by atoms with Crippen LogP contribution >= 0.6 is 27.7 Å². The molecule has 0 spiro atoms. The van der Waals surface area contributed by atoms with Gasteiger partial charge in [-0.3, -0.25) is 14.2 Å². The van der Waals surface area contributed by atoms with E-state index in [1.807, 2.05) is 60.0 Å². The standard InChI is InChI=1S/C23H24BrN3O2S/c1-15(16-10-12-17(24)13-11-16)25-21(28)14-30-23-26-20-9-5-4-8-19(20)22(29)27(23)18-6-2-3-7-18/h4-5,8-13,15,18H,2-3,6-7,14H2,1H3,(H,25,28). The smallest absolute Gasteiger partial charge is 0.262 e. The first-order valence-corrected chi connectivity index (χ1v) is 12.0. The second-order valence-electron chi connectivity index (χ2n) is 7.65. The van der Waals surface area contributed by atoms with Crippen LogP contribution in [0, 0.1) is 0 Å². The lowest BCUT2D eigenvalue weighted by Gasteiger charge is -2.19. The molecule has 4 rings (SSSR count). The fourth-order valence-corrected chi connectivity index (χ4v) is 5.10. The van der Waals surface area contributed by atoms with Gasteiger partial charge in [0, 0.05) is 10.5 Å². The van der Waals surface area contributed by atoms with E-state index in [1.165, 1.54) is 11.8 Å². The minimum Gasteiger partial charge on any atom is -0.349 e. The molecule has 0 saturated heterocycles. The lowest BCUT2D eigenvalue weighted by molar-refractivity contribution is -0.119. The highest BCUT2D eigenvalue weighted by molar-refractivity contribution is 9.10. The molecule has 7 heteroatoms. The van der Waals surface area contributed by atoms with E-state index >= 15 is 0 Å². The summed E-state index contributed by atoms with van der Waals surface area (Å²) in [7, 11) is 0. The Morgan fingerprint density at radius 3 is 2.63 bits per heavy atom. The summed E-state index contributed by atoms with van der Waals surface area (Å²) in [6.45, 7) is 1.97. The number of para-hydroxylation sites is 1. The van der Waals surface area contributed by atoms with Crippen LogP contribution in [0.3, 0.4) is 0 Å². The normalized spacial score (nSPS) is 15.4. The number of thioether (sulfide) groups is 1. The van der Waals surface area contributed by atoms with Crippen LogP contribution in [0.2, 0.25) is 0 Å². The van der Waals surface area contributed by atoms with E-state index in [0.717, 1.165) is 35.7 Å². The van der Waals surface area contributed by atoms with E-state index in [4.69, 9.17) is 4.98 Å². The average Bonchev–Trinajstić information content (AvgIpc) is 3.27. The SMILES string of the molecule is CC(NC(=O)CSc1nc2ccccc2c(=O)n1C1CCCC1)c1ccc(Br)cc1. The molecule has 1 aliphatic rings. The molecular weight excluding hydrogens is 462 g/mol. The predicted octanol–water partition coefficient (Wildman–Crippen LogP) is 5.24. The van der Waals surface area contributed by atoms with Gasteiger partial charge in [-0.1, -0.05) is 64.8 Å². The summed E-state index contributed by atoms with van der Waals surface area (Å²) >= 11 is 4.77. The van der Waals surface area contributed by atoms with Crippen molar-refractivity contribution in [1.29, 1.82) is 0 Å². The highest BCUT2D eigenvalue weighted by atomic mass is 79.9. The van der Waals surface area contributed by atoms with Crippen LogP contribution in [-0.2, 0) is 4.79 Å². The quantitative estimate of drug-likeness (QED) is 0.382. The maximum Gasteiger partial charge on any atom is 0.262 e. The number of aromatic nitrogens is 2. The van der Waals surface area contributed by atoms with Crippen molar-refractivity contribution < 1.29 is 4.79 Å². The summed E-state index contributed by atoms with van der Waals surface area (Å²) in [5, 5.41) is 4.31. The highest BCUT2D eigenvalue weighted by Crippen LogP contribution is 2.32. The second kappa shape index (κ2) is 9.35. The van der Waals surface area contributed by atoms with Crippen molar-refractivity contribution in [1.82, 2.24) is 14.9 Å². The number of carbonyl (C=O) groups excluding carboxylic acids is 1. The number of halogens is 1. The predicted molar refractivity (Wildman–Crippen MR) is 125 cm³/mol. The first-order valence-electron chi connectivity index (χ1n) is 10.2. The van der Waals surface area contributed by atoms with Gasteiger partial charge in [0.2, 0.25) is 5.91 Å². The maximum atomic E-state index is 13.2. The van der Waals surface area contributed by atoms with Gasteiger partial charge in [-0.25, -0.2) is 4.98 Å². The molecule has 0 bridgehead atoms. The molecule has 1 aromatic heterocycles. The minimum absolute atomic E-state index is 0.00126. The van der Waals surface area contributed by atoms with E-state index < -0.39 is 0 Å². The first kappa shape index (κ1) is 21.1. The summed E-state index contributed by atoms with van der Waals surface area (Å²) in [5.74, 6) is 0.147. The van der Waals surface area contributed by atoms with E-state index in [2.05, 4.69) is 21.2 Å². The van der Waals surface area contributed by atoms with Crippen molar-refractivity contribution >= 4 is 44.5 Å². The van der Waals surface area contributed by atoms with Gasteiger partial charge < -0.3 is 5.32 Å². The highest BCUT2D eigenvalue weighted by Gasteiger charge is 2.23. The summed E-state index contributed by atoms with van der Waals surface area (Å²) < 4.78 is 2.83. The van der Waals surface area contributed by atoms with Crippen LogP contribution in [0.5, 0.6) is 0 Å². The number of amides is 1. The van der Waals surface area contributed by atoms with Crippen LogP contribution in [0.15, 0.2) is 63.0 Å². The molecule has 1 fully saturated rings. The van der Waals surface area contributed by atoms with Crippen molar-refractivity contribution in [3.05, 3.63) is 68.9 Å². The minimum atomic E-state index is -0.0900. The monoisotopic (exact) mass is 485 g/mol. The van der Waals surface area contributed by atoms with E-state index in [-0.39, 0.29) is 29.3 Å². The summed E-state index contributed by atoms with van der Waals surface area (Å²) in [4.78, 5) is 30.5. The van der Waals surface area contributed by atoms with Crippen molar-refractivity contribution in [2.75, 3.05) is 5.75 Å². The maximum absolute atomic E-state index is 13.2. The number of hydrogen-bond donors (Lipinski definition) is 1. The molecule has 2 aromatic carbocycles. The van der Waals surface area contributed by atoms with Crippen LogP contribution in [0.1, 0.15) is 50.3 Å². The molecule has 1 atom stereocenters. The lowest BCUT2D eigenvalue weighted by Crippen LogP contribution is -2.30. The van der Waals surface area contributed by atoms with Gasteiger partial charge in [0.15, 0.2) is 5.16 Å². The second-order valence-corrected chi connectivity index (χ2v) is 9.51. The number of rotatable bonds is 6. The number of carbonyl (C=O) groups is 1. The average molecular weight is 486 g/mol. The van der Waals surface area contributed by atoms with Gasteiger partial charge in [0.1, 0.15) is 0 Å². The Morgan fingerprint density at radius 2 is 1.90 bits per heavy atom. The summed E-state index contributed by atoms with van der Waals surface area (Å²) in [6.07, 6.45) is 4.22. The Kier molecular flexibility index (Phi) is 6.58. The number of hydrogen-bond acceptors (Lipinski definition) is 4. The van der Waals surface area contributed by atoms with Crippen molar-refractivity contribution in [3.63, 3.8) is 0 Å². The molecule has 5 nitrogen and oxygen atoms in total. The van der Waals surface area contributed by atoms with Crippen LogP contribution in [0.25, 0.3) is 10.9 Å². The van der Waals surface area contributed by atoms with Gasteiger partial charge in [0.05, 0.1) is 22.7 Å². The molecule has 1 heterocycles. The molecule has 1 aliphatic carbocycles. The fraction of sp³-hybridized carbons (Fsp3) is 0.348. The van der Waals surface area contributed by atoms with Crippen LogP contribution < -0.4 is 10.9 Å². The third-order valence-corrected chi connectivity index (χ3v) is 7.03. The molecule has 30 heavy (non-hydrogen) atoms. The third kappa shape index (κ3) is 4.62. The third-order valence-electron chi connectivity index (χ3n) is 5.55. The zero-order valence-electron chi connectivity index (χ0n) is 16.8. The number of nitrogens with zero attached hydrogens (tertiary/aromatic N) is 2. The Bertz CT molecular complexity index is 1110. The lowest BCUT2D eigenvalue weighted by atomic mass is 10.1. The van der Waals surface area contributed by atoms with Crippen molar-refractivity contribution in [2.24, 2.45) is 0 Å². The fourth-order valence-electron chi connectivity index (χ4n) is 3.96. The van der Waals surface area contributed by atoms with Gasteiger partial charge in [0.25, 0.3) is 5.56 Å². The van der Waals surface area contributed by atoms with Crippen LogP contribution in [-0.4, -0.2) is 21.2 Å². The summed E-state index contributed by atoms with van der Waals surface area (Å²) in [5.41, 5.74) is 1.73. The molecule has 0 radical (unpaired) electrons. The van der Waals surface area contributed by atoms with E-state index in [9.17, 15) is 9.59 Å².